The minimum absolute atomic E-state index is 0.338. The summed E-state index contributed by atoms with van der Waals surface area (Å²) in [6.07, 6.45) is 1.50. The standard InChI is InChI=1S/C9H8ClNO3/c1-14-9(13)8(12)7(10)6-4-2-3-5-11-6/h2-5,7H,1H3. The van der Waals surface area contributed by atoms with Crippen LogP contribution in [0.3, 0.4) is 0 Å². The predicted molar refractivity (Wildman–Crippen MR) is 49.9 cm³/mol. The summed E-state index contributed by atoms with van der Waals surface area (Å²) in [5.41, 5.74) is 0.338. The van der Waals surface area contributed by atoms with Gasteiger partial charge in [-0.2, -0.15) is 0 Å². The van der Waals surface area contributed by atoms with Gasteiger partial charge in [-0.05, 0) is 12.1 Å². The fraction of sp³-hybridized carbons (Fsp3) is 0.222. The molecule has 0 aliphatic rings. The van der Waals surface area contributed by atoms with E-state index in [-0.39, 0.29) is 0 Å². The fourth-order valence-electron chi connectivity index (χ4n) is 0.864. The van der Waals surface area contributed by atoms with Crippen LogP contribution >= 0.6 is 11.6 Å². The summed E-state index contributed by atoms with van der Waals surface area (Å²) in [6, 6.07) is 4.94. The van der Waals surface area contributed by atoms with Gasteiger partial charge in [-0.3, -0.25) is 9.78 Å². The monoisotopic (exact) mass is 213 g/mol. The molecule has 1 aromatic heterocycles. The lowest BCUT2D eigenvalue weighted by atomic mass is 10.2. The van der Waals surface area contributed by atoms with Gasteiger partial charge in [0.25, 0.3) is 5.78 Å². The Hall–Kier alpha value is -1.42. The predicted octanol–water partition coefficient (Wildman–Crippen LogP) is 1.10. The number of hydrogen-bond donors (Lipinski definition) is 0. The molecular weight excluding hydrogens is 206 g/mol. The van der Waals surface area contributed by atoms with Crippen LogP contribution in [0.25, 0.3) is 0 Å². The van der Waals surface area contributed by atoms with Gasteiger partial charge >= 0.3 is 5.97 Å². The average molecular weight is 214 g/mol. The van der Waals surface area contributed by atoms with E-state index in [9.17, 15) is 9.59 Å². The van der Waals surface area contributed by atoms with Crippen molar-refractivity contribution >= 4 is 23.4 Å². The number of rotatable bonds is 3. The van der Waals surface area contributed by atoms with Crippen molar-refractivity contribution in [1.82, 2.24) is 4.98 Å². The third-order valence-electron chi connectivity index (χ3n) is 1.56. The van der Waals surface area contributed by atoms with Gasteiger partial charge in [0, 0.05) is 6.20 Å². The van der Waals surface area contributed by atoms with Crippen molar-refractivity contribution in [3.8, 4) is 0 Å². The first kappa shape index (κ1) is 10.7. The Morgan fingerprint density at radius 1 is 1.50 bits per heavy atom. The van der Waals surface area contributed by atoms with E-state index in [2.05, 4.69) is 9.72 Å². The summed E-state index contributed by atoms with van der Waals surface area (Å²) in [6.45, 7) is 0. The molecule has 14 heavy (non-hydrogen) atoms. The van der Waals surface area contributed by atoms with Crippen molar-refractivity contribution in [3.05, 3.63) is 30.1 Å². The van der Waals surface area contributed by atoms with Crippen LogP contribution in [-0.4, -0.2) is 23.8 Å². The van der Waals surface area contributed by atoms with Crippen LogP contribution in [-0.2, 0) is 14.3 Å². The molecule has 0 radical (unpaired) electrons. The van der Waals surface area contributed by atoms with E-state index in [0.717, 1.165) is 7.11 Å². The molecule has 0 fully saturated rings. The maximum absolute atomic E-state index is 11.2. The van der Waals surface area contributed by atoms with E-state index >= 15 is 0 Å². The molecule has 5 heteroatoms. The Morgan fingerprint density at radius 2 is 2.21 bits per heavy atom. The largest absolute Gasteiger partial charge is 0.463 e. The van der Waals surface area contributed by atoms with Crippen LogP contribution in [0.4, 0.5) is 0 Å². The molecule has 0 amide bonds. The number of halogens is 1. The number of nitrogens with zero attached hydrogens (tertiary/aromatic N) is 1. The van der Waals surface area contributed by atoms with Crippen molar-refractivity contribution in [1.29, 1.82) is 0 Å². The summed E-state index contributed by atoms with van der Waals surface area (Å²) in [4.78, 5) is 25.9. The lowest BCUT2D eigenvalue weighted by Crippen LogP contribution is -2.20. The number of esters is 1. The molecule has 1 heterocycles. The lowest BCUT2D eigenvalue weighted by Gasteiger charge is -2.05. The van der Waals surface area contributed by atoms with Gasteiger partial charge < -0.3 is 4.74 Å². The highest BCUT2D eigenvalue weighted by Crippen LogP contribution is 2.18. The Kier molecular flexibility index (Phi) is 3.59. The van der Waals surface area contributed by atoms with E-state index in [1.165, 1.54) is 6.20 Å². The molecule has 1 unspecified atom stereocenters. The van der Waals surface area contributed by atoms with Gasteiger partial charge in [0.1, 0.15) is 5.38 Å². The number of carbonyl (C=O) groups excluding carboxylic acids is 2. The van der Waals surface area contributed by atoms with E-state index in [1.807, 2.05) is 0 Å². The SMILES string of the molecule is COC(=O)C(=O)C(Cl)c1ccccn1. The Balaban J connectivity index is 2.81. The number of ketones is 1. The van der Waals surface area contributed by atoms with Gasteiger partial charge in [-0.25, -0.2) is 4.79 Å². The molecular formula is C9H8ClNO3. The Labute approximate surface area is 85.9 Å². The molecule has 0 aliphatic heterocycles. The van der Waals surface area contributed by atoms with Gasteiger partial charge in [0.05, 0.1) is 12.8 Å². The van der Waals surface area contributed by atoms with Crippen molar-refractivity contribution in [2.75, 3.05) is 7.11 Å². The van der Waals surface area contributed by atoms with Crippen molar-refractivity contribution < 1.29 is 14.3 Å². The number of alkyl halides is 1. The molecule has 0 aromatic carbocycles. The third-order valence-corrected chi connectivity index (χ3v) is 1.99. The minimum atomic E-state index is -1.08. The number of ether oxygens (including phenoxy) is 1. The quantitative estimate of drug-likeness (QED) is 0.429. The highest BCUT2D eigenvalue weighted by atomic mass is 35.5. The Bertz CT molecular complexity index is 339. The molecule has 0 saturated heterocycles. The van der Waals surface area contributed by atoms with Crippen LogP contribution in [0.5, 0.6) is 0 Å². The molecule has 0 aliphatic carbocycles. The molecule has 0 saturated carbocycles. The zero-order valence-corrected chi connectivity index (χ0v) is 8.19. The van der Waals surface area contributed by atoms with Crippen LogP contribution in [0.2, 0.25) is 0 Å². The topological polar surface area (TPSA) is 56.3 Å². The van der Waals surface area contributed by atoms with Gasteiger partial charge in [0.2, 0.25) is 0 Å². The molecule has 0 N–H and O–H groups in total. The second kappa shape index (κ2) is 4.72. The molecule has 0 bridgehead atoms. The first-order valence-electron chi connectivity index (χ1n) is 3.84. The highest BCUT2D eigenvalue weighted by Gasteiger charge is 2.26. The minimum Gasteiger partial charge on any atom is -0.463 e. The molecule has 1 atom stereocenters. The fourth-order valence-corrected chi connectivity index (χ4v) is 1.08. The van der Waals surface area contributed by atoms with Gasteiger partial charge in [0.15, 0.2) is 0 Å². The molecule has 74 valence electrons. The lowest BCUT2D eigenvalue weighted by molar-refractivity contribution is -0.151. The zero-order chi connectivity index (χ0) is 10.6. The second-order valence-electron chi connectivity index (χ2n) is 2.47. The van der Waals surface area contributed by atoms with Crippen LogP contribution in [0.1, 0.15) is 11.1 Å². The summed E-state index contributed by atoms with van der Waals surface area (Å²) in [7, 11) is 1.13. The average Bonchev–Trinajstić information content (AvgIpc) is 2.27. The van der Waals surface area contributed by atoms with E-state index < -0.39 is 17.1 Å². The van der Waals surface area contributed by atoms with Crippen LogP contribution < -0.4 is 0 Å². The number of pyridine rings is 1. The first-order chi connectivity index (χ1) is 6.66. The smallest absolute Gasteiger partial charge is 0.376 e. The van der Waals surface area contributed by atoms with Crippen LogP contribution in [0.15, 0.2) is 24.4 Å². The van der Waals surface area contributed by atoms with Gasteiger partial charge in [-0.1, -0.05) is 6.07 Å². The molecule has 1 aromatic rings. The number of methoxy groups -OCH3 is 1. The van der Waals surface area contributed by atoms with Crippen molar-refractivity contribution in [2.24, 2.45) is 0 Å². The van der Waals surface area contributed by atoms with Crippen molar-refractivity contribution in [3.63, 3.8) is 0 Å². The highest BCUT2D eigenvalue weighted by molar-refractivity contribution is 6.47. The number of aromatic nitrogens is 1. The molecule has 4 nitrogen and oxygen atoms in total. The molecule has 1 rings (SSSR count). The van der Waals surface area contributed by atoms with Crippen molar-refractivity contribution in [2.45, 2.75) is 5.38 Å². The maximum atomic E-state index is 11.2. The van der Waals surface area contributed by atoms with Gasteiger partial charge in [-0.15, -0.1) is 11.6 Å². The van der Waals surface area contributed by atoms with Crippen LogP contribution in [0, 0.1) is 0 Å². The maximum Gasteiger partial charge on any atom is 0.376 e. The number of carbonyl (C=O) groups is 2. The summed E-state index contributed by atoms with van der Waals surface area (Å²) >= 11 is 5.72. The summed E-state index contributed by atoms with van der Waals surface area (Å²) in [5.74, 6) is -1.77. The summed E-state index contributed by atoms with van der Waals surface area (Å²) in [5, 5.41) is -1.08. The zero-order valence-electron chi connectivity index (χ0n) is 7.44. The van der Waals surface area contributed by atoms with E-state index in [0.29, 0.717) is 5.69 Å². The number of Topliss-reactive ketones (excluding diaryl/α,β-unsaturated/α-hetero) is 1. The first-order valence-corrected chi connectivity index (χ1v) is 4.27. The number of hydrogen-bond acceptors (Lipinski definition) is 4. The van der Waals surface area contributed by atoms with E-state index in [1.54, 1.807) is 18.2 Å². The molecule has 0 spiro atoms. The Morgan fingerprint density at radius 3 is 2.71 bits per heavy atom. The van der Waals surface area contributed by atoms with E-state index in [4.69, 9.17) is 11.6 Å². The third kappa shape index (κ3) is 2.29. The normalized spacial score (nSPS) is 11.9. The summed E-state index contributed by atoms with van der Waals surface area (Å²) < 4.78 is 4.25. The second-order valence-corrected chi connectivity index (χ2v) is 2.91.